The number of nitrogens with one attached hydrogen (secondary N) is 1. The van der Waals surface area contributed by atoms with Gasteiger partial charge in [-0.1, -0.05) is 24.4 Å². The minimum absolute atomic E-state index is 0.0132. The van der Waals surface area contributed by atoms with E-state index >= 15 is 0 Å². The van der Waals surface area contributed by atoms with Gasteiger partial charge >= 0.3 is 0 Å². The zero-order chi connectivity index (χ0) is 13.4. The number of methoxy groups -OCH3 is 1. The van der Waals surface area contributed by atoms with E-state index in [4.69, 9.17) is 27.4 Å². The van der Waals surface area contributed by atoms with Gasteiger partial charge in [0.2, 0.25) is 5.91 Å². The van der Waals surface area contributed by atoms with Crippen molar-refractivity contribution in [3.63, 3.8) is 0 Å². The third-order valence-electron chi connectivity index (χ3n) is 2.10. The number of hydrogen-bond acceptors (Lipinski definition) is 4. The number of benzene rings is 1. The minimum Gasteiger partial charge on any atom is -0.389 e. The summed E-state index contributed by atoms with van der Waals surface area (Å²) in [6.45, 7) is 0.835. The summed E-state index contributed by atoms with van der Waals surface area (Å²) in [5.41, 5.74) is 6.86. The predicted octanol–water partition coefficient (Wildman–Crippen LogP) is 0.922. The molecular weight excluding hydrogens is 252 g/mol. The van der Waals surface area contributed by atoms with Gasteiger partial charge < -0.3 is 20.5 Å². The van der Waals surface area contributed by atoms with Gasteiger partial charge in [0.25, 0.3) is 0 Å². The van der Waals surface area contributed by atoms with E-state index in [0.29, 0.717) is 29.5 Å². The quantitative estimate of drug-likeness (QED) is 0.568. The topological polar surface area (TPSA) is 73.6 Å². The molecule has 1 amide bonds. The Labute approximate surface area is 111 Å². The van der Waals surface area contributed by atoms with Crippen molar-refractivity contribution in [3.8, 4) is 0 Å². The third-order valence-corrected chi connectivity index (χ3v) is 2.33. The van der Waals surface area contributed by atoms with E-state index in [1.165, 1.54) is 0 Å². The molecule has 0 aliphatic carbocycles. The van der Waals surface area contributed by atoms with Gasteiger partial charge in [-0.3, -0.25) is 4.79 Å². The maximum Gasteiger partial charge on any atom is 0.250 e. The van der Waals surface area contributed by atoms with Crippen LogP contribution in [0.15, 0.2) is 24.3 Å². The smallest absolute Gasteiger partial charge is 0.250 e. The number of amides is 1. The number of rotatable bonds is 7. The molecule has 3 N–H and O–H groups in total. The van der Waals surface area contributed by atoms with Crippen LogP contribution in [0.1, 0.15) is 5.56 Å². The van der Waals surface area contributed by atoms with Crippen molar-refractivity contribution in [2.24, 2.45) is 5.73 Å². The molecule has 0 aliphatic rings. The standard InChI is InChI=1S/C12H16N2O3S/c1-16-5-6-17-8-11(15)14-10-4-2-3-9(7-10)12(13)18/h2-4,7H,5-6,8H2,1H3,(H2,13,18)(H,14,15). The Hall–Kier alpha value is -1.50. The van der Waals surface area contributed by atoms with Gasteiger partial charge in [-0.15, -0.1) is 0 Å². The van der Waals surface area contributed by atoms with Gasteiger partial charge in [0, 0.05) is 18.4 Å². The highest BCUT2D eigenvalue weighted by Gasteiger charge is 2.04. The second-order valence-corrected chi connectivity index (χ2v) is 3.98. The highest BCUT2D eigenvalue weighted by atomic mass is 32.1. The Morgan fingerprint density at radius 2 is 2.22 bits per heavy atom. The number of carbonyl (C=O) groups excluding carboxylic acids is 1. The first-order chi connectivity index (χ1) is 8.63. The van der Waals surface area contributed by atoms with Crippen molar-refractivity contribution < 1.29 is 14.3 Å². The van der Waals surface area contributed by atoms with E-state index in [-0.39, 0.29) is 12.5 Å². The summed E-state index contributed by atoms with van der Waals surface area (Å²) in [5, 5.41) is 2.69. The van der Waals surface area contributed by atoms with Crippen LogP contribution in [-0.2, 0) is 14.3 Å². The molecule has 0 fully saturated rings. The van der Waals surface area contributed by atoms with Gasteiger partial charge in [0.1, 0.15) is 11.6 Å². The molecule has 18 heavy (non-hydrogen) atoms. The number of nitrogens with two attached hydrogens (primary N) is 1. The number of thiocarbonyl (C=S) groups is 1. The summed E-state index contributed by atoms with van der Waals surface area (Å²) in [5.74, 6) is -0.230. The van der Waals surface area contributed by atoms with Gasteiger partial charge in [-0.2, -0.15) is 0 Å². The Balaban J connectivity index is 2.44. The minimum atomic E-state index is -0.230. The first-order valence-electron chi connectivity index (χ1n) is 5.40. The molecule has 0 unspecified atom stereocenters. The Kier molecular flexibility index (Phi) is 6.27. The highest BCUT2D eigenvalue weighted by molar-refractivity contribution is 7.80. The van der Waals surface area contributed by atoms with Crippen molar-refractivity contribution >= 4 is 28.8 Å². The lowest BCUT2D eigenvalue weighted by atomic mass is 10.2. The molecule has 5 nitrogen and oxygen atoms in total. The first kappa shape index (κ1) is 14.6. The van der Waals surface area contributed by atoms with Crippen molar-refractivity contribution in [3.05, 3.63) is 29.8 Å². The first-order valence-corrected chi connectivity index (χ1v) is 5.80. The molecule has 1 aromatic carbocycles. The number of ether oxygens (including phenoxy) is 2. The average Bonchev–Trinajstić information content (AvgIpc) is 2.35. The fourth-order valence-electron chi connectivity index (χ4n) is 1.25. The van der Waals surface area contributed by atoms with E-state index < -0.39 is 0 Å². The van der Waals surface area contributed by atoms with Crippen LogP contribution < -0.4 is 11.1 Å². The van der Waals surface area contributed by atoms with Crippen LogP contribution in [0.3, 0.4) is 0 Å². The SMILES string of the molecule is COCCOCC(=O)Nc1cccc(C(N)=S)c1. The molecule has 0 saturated carbocycles. The van der Waals surface area contributed by atoms with Crippen LogP contribution in [-0.4, -0.2) is 37.8 Å². The molecule has 0 spiro atoms. The van der Waals surface area contributed by atoms with E-state index in [1.54, 1.807) is 31.4 Å². The normalized spacial score (nSPS) is 10.1. The summed E-state index contributed by atoms with van der Waals surface area (Å²) in [4.78, 5) is 11.8. The van der Waals surface area contributed by atoms with Gasteiger partial charge in [-0.05, 0) is 12.1 Å². The van der Waals surface area contributed by atoms with Gasteiger partial charge in [0.15, 0.2) is 0 Å². The van der Waals surface area contributed by atoms with Crippen molar-refractivity contribution in [1.82, 2.24) is 0 Å². The molecular formula is C12H16N2O3S. The molecule has 0 heterocycles. The second kappa shape index (κ2) is 7.75. The fraction of sp³-hybridized carbons (Fsp3) is 0.333. The molecule has 0 aliphatic heterocycles. The van der Waals surface area contributed by atoms with Crippen LogP contribution in [0, 0.1) is 0 Å². The molecule has 0 bridgehead atoms. The largest absolute Gasteiger partial charge is 0.389 e. The molecule has 98 valence electrons. The van der Waals surface area contributed by atoms with Gasteiger partial charge in [0.05, 0.1) is 13.2 Å². The summed E-state index contributed by atoms with van der Waals surface area (Å²) >= 11 is 4.86. The van der Waals surface area contributed by atoms with Crippen LogP contribution in [0.4, 0.5) is 5.69 Å². The second-order valence-electron chi connectivity index (χ2n) is 3.54. The van der Waals surface area contributed by atoms with E-state index in [1.807, 2.05) is 0 Å². The highest BCUT2D eigenvalue weighted by Crippen LogP contribution is 2.10. The Morgan fingerprint density at radius 1 is 1.44 bits per heavy atom. The van der Waals surface area contributed by atoms with Crippen LogP contribution in [0.25, 0.3) is 0 Å². The molecule has 0 atom stereocenters. The lowest BCUT2D eigenvalue weighted by molar-refractivity contribution is -0.121. The molecule has 0 radical (unpaired) electrons. The number of carbonyl (C=O) groups is 1. The average molecular weight is 268 g/mol. The van der Waals surface area contributed by atoms with E-state index in [9.17, 15) is 4.79 Å². The maximum atomic E-state index is 11.5. The van der Waals surface area contributed by atoms with Crippen LogP contribution in [0.5, 0.6) is 0 Å². The van der Waals surface area contributed by atoms with Crippen LogP contribution in [0.2, 0.25) is 0 Å². The predicted molar refractivity (Wildman–Crippen MR) is 73.7 cm³/mol. The summed E-state index contributed by atoms with van der Waals surface area (Å²) in [6.07, 6.45) is 0. The van der Waals surface area contributed by atoms with E-state index in [0.717, 1.165) is 0 Å². The molecule has 1 rings (SSSR count). The third kappa shape index (κ3) is 5.22. The molecule has 0 saturated heterocycles. The zero-order valence-corrected chi connectivity index (χ0v) is 11.0. The van der Waals surface area contributed by atoms with Gasteiger partial charge in [-0.25, -0.2) is 0 Å². The molecule has 1 aromatic rings. The van der Waals surface area contributed by atoms with Crippen molar-refractivity contribution in [2.45, 2.75) is 0 Å². The maximum absolute atomic E-state index is 11.5. The number of anilines is 1. The lowest BCUT2D eigenvalue weighted by Crippen LogP contribution is -2.20. The fourth-order valence-corrected chi connectivity index (χ4v) is 1.38. The van der Waals surface area contributed by atoms with E-state index in [2.05, 4.69) is 5.32 Å². The summed E-state index contributed by atoms with van der Waals surface area (Å²) < 4.78 is 9.90. The number of hydrogen-bond donors (Lipinski definition) is 2. The Morgan fingerprint density at radius 3 is 2.89 bits per heavy atom. The van der Waals surface area contributed by atoms with Crippen molar-refractivity contribution in [1.29, 1.82) is 0 Å². The Bertz CT molecular complexity index is 424. The van der Waals surface area contributed by atoms with Crippen molar-refractivity contribution in [2.75, 3.05) is 32.2 Å². The monoisotopic (exact) mass is 268 g/mol. The zero-order valence-electron chi connectivity index (χ0n) is 10.1. The van der Waals surface area contributed by atoms with Crippen LogP contribution >= 0.6 is 12.2 Å². The molecule has 6 heteroatoms. The lowest BCUT2D eigenvalue weighted by Gasteiger charge is -2.07. The summed E-state index contributed by atoms with van der Waals surface area (Å²) in [7, 11) is 1.57. The molecule has 0 aromatic heterocycles. The summed E-state index contributed by atoms with van der Waals surface area (Å²) in [6, 6.07) is 7.03.